The minimum absolute atomic E-state index is 0.258. The molecule has 0 spiro atoms. The molecule has 0 fully saturated rings. The third kappa shape index (κ3) is 3.53. The van der Waals surface area contributed by atoms with Crippen molar-refractivity contribution >= 4 is 17.7 Å². The normalized spacial score (nSPS) is 10.6. The lowest BCUT2D eigenvalue weighted by Crippen LogP contribution is -2.35. The molecule has 3 heteroatoms. The Morgan fingerprint density at radius 1 is 1.05 bits per heavy atom. The van der Waals surface area contributed by atoms with Crippen LogP contribution in [-0.4, -0.2) is 5.91 Å². The maximum atomic E-state index is 11.9. The number of anilines is 1. The minimum Gasteiger partial charge on any atom is -0.268 e. The maximum Gasteiger partial charge on any atom is 0.265 e. The van der Waals surface area contributed by atoms with E-state index in [2.05, 4.69) is 0 Å². The van der Waals surface area contributed by atoms with Gasteiger partial charge in [-0.3, -0.25) is 4.79 Å². The molecule has 0 aliphatic rings. The van der Waals surface area contributed by atoms with Crippen molar-refractivity contribution in [2.24, 2.45) is 5.84 Å². The Hall–Kier alpha value is -2.39. The summed E-state index contributed by atoms with van der Waals surface area (Å²) in [6.07, 6.45) is 3.22. The van der Waals surface area contributed by atoms with E-state index in [4.69, 9.17) is 5.84 Å². The van der Waals surface area contributed by atoms with Gasteiger partial charge >= 0.3 is 0 Å². The number of hydrogen-bond acceptors (Lipinski definition) is 2. The van der Waals surface area contributed by atoms with Gasteiger partial charge < -0.3 is 0 Å². The van der Waals surface area contributed by atoms with Crippen molar-refractivity contribution in [3.05, 3.63) is 71.8 Å². The van der Waals surface area contributed by atoms with Crippen LogP contribution in [0.1, 0.15) is 11.1 Å². The molecule has 0 bridgehead atoms. The van der Waals surface area contributed by atoms with Crippen LogP contribution in [0.3, 0.4) is 0 Å². The highest BCUT2D eigenvalue weighted by Gasteiger charge is 2.07. The molecule has 96 valence electrons. The molecule has 2 aromatic carbocycles. The molecule has 0 radical (unpaired) electrons. The molecule has 2 aromatic rings. The Bertz CT molecular complexity index is 573. The van der Waals surface area contributed by atoms with Crippen molar-refractivity contribution in [3.63, 3.8) is 0 Å². The summed E-state index contributed by atoms with van der Waals surface area (Å²) in [7, 11) is 0. The van der Waals surface area contributed by atoms with Crippen molar-refractivity contribution in [2.75, 3.05) is 5.01 Å². The summed E-state index contributed by atoms with van der Waals surface area (Å²) in [5.41, 5.74) is 2.83. The van der Waals surface area contributed by atoms with Gasteiger partial charge in [-0.25, -0.2) is 10.9 Å². The zero-order chi connectivity index (χ0) is 13.7. The highest BCUT2D eigenvalue weighted by atomic mass is 16.2. The van der Waals surface area contributed by atoms with Crippen molar-refractivity contribution in [1.29, 1.82) is 0 Å². The minimum atomic E-state index is -0.258. The topological polar surface area (TPSA) is 46.3 Å². The lowest BCUT2D eigenvalue weighted by Gasteiger charge is -2.13. The number of benzene rings is 2. The fraction of sp³-hybridized carbons (Fsp3) is 0.0625. The Morgan fingerprint density at radius 2 is 1.68 bits per heavy atom. The first kappa shape index (κ1) is 13.1. The highest BCUT2D eigenvalue weighted by molar-refractivity contribution is 6.02. The van der Waals surface area contributed by atoms with Crippen LogP contribution in [0.25, 0.3) is 6.08 Å². The number of hydrogen-bond donors (Lipinski definition) is 1. The number of hydrazine groups is 1. The van der Waals surface area contributed by atoms with E-state index in [1.165, 1.54) is 11.6 Å². The van der Waals surface area contributed by atoms with Gasteiger partial charge in [-0.1, -0.05) is 48.0 Å². The molecule has 0 saturated heterocycles. The van der Waals surface area contributed by atoms with Gasteiger partial charge in [0.05, 0.1) is 5.69 Å². The first-order valence-electron chi connectivity index (χ1n) is 6.05. The molecule has 1 amide bonds. The molecule has 19 heavy (non-hydrogen) atoms. The number of carbonyl (C=O) groups excluding carboxylic acids is 1. The number of para-hydroxylation sites is 1. The Labute approximate surface area is 112 Å². The summed E-state index contributed by atoms with van der Waals surface area (Å²) >= 11 is 0. The average Bonchev–Trinajstić information content (AvgIpc) is 2.46. The van der Waals surface area contributed by atoms with E-state index in [9.17, 15) is 4.79 Å². The van der Waals surface area contributed by atoms with E-state index in [0.717, 1.165) is 10.6 Å². The van der Waals surface area contributed by atoms with Gasteiger partial charge in [0.2, 0.25) is 0 Å². The molecule has 0 aliphatic carbocycles. The quantitative estimate of drug-likeness (QED) is 0.395. The van der Waals surface area contributed by atoms with Crippen molar-refractivity contribution < 1.29 is 4.79 Å². The van der Waals surface area contributed by atoms with E-state index >= 15 is 0 Å². The summed E-state index contributed by atoms with van der Waals surface area (Å²) in [4.78, 5) is 11.9. The van der Waals surface area contributed by atoms with Crippen molar-refractivity contribution in [1.82, 2.24) is 0 Å². The Balaban J connectivity index is 2.07. The summed E-state index contributed by atoms with van der Waals surface area (Å²) in [6.45, 7) is 2.02. The lowest BCUT2D eigenvalue weighted by atomic mass is 10.1. The molecule has 0 heterocycles. The monoisotopic (exact) mass is 252 g/mol. The van der Waals surface area contributed by atoms with Gasteiger partial charge in [0.25, 0.3) is 5.91 Å². The van der Waals surface area contributed by atoms with E-state index in [0.29, 0.717) is 5.69 Å². The fourth-order valence-electron chi connectivity index (χ4n) is 1.64. The zero-order valence-electron chi connectivity index (χ0n) is 10.8. The lowest BCUT2D eigenvalue weighted by molar-refractivity contribution is -0.114. The number of nitrogens with zero attached hydrogens (tertiary/aromatic N) is 1. The van der Waals surface area contributed by atoms with Crippen molar-refractivity contribution in [2.45, 2.75) is 6.92 Å². The summed E-state index contributed by atoms with van der Waals surface area (Å²) in [5.74, 6) is 5.50. The Morgan fingerprint density at radius 3 is 2.32 bits per heavy atom. The molecule has 0 unspecified atom stereocenters. The molecule has 2 rings (SSSR count). The first-order valence-corrected chi connectivity index (χ1v) is 6.05. The number of carbonyl (C=O) groups is 1. The van der Waals surface area contributed by atoms with Crippen LogP contribution in [0, 0.1) is 6.92 Å². The fourth-order valence-corrected chi connectivity index (χ4v) is 1.64. The van der Waals surface area contributed by atoms with Crippen LogP contribution in [0.2, 0.25) is 0 Å². The van der Waals surface area contributed by atoms with Gasteiger partial charge in [-0.2, -0.15) is 0 Å². The standard InChI is InChI=1S/C16H16N2O/c1-13-7-9-14(10-8-13)11-12-16(19)18(17)15-5-3-2-4-6-15/h2-12H,17H2,1H3. The number of nitrogens with two attached hydrogens (primary N) is 1. The smallest absolute Gasteiger partial charge is 0.265 e. The van der Waals surface area contributed by atoms with Crippen LogP contribution < -0.4 is 10.9 Å². The van der Waals surface area contributed by atoms with E-state index in [-0.39, 0.29) is 5.91 Å². The number of aryl methyl sites for hydroxylation is 1. The molecule has 2 N–H and O–H groups in total. The van der Waals surface area contributed by atoms with Gasteiger partial charge in [0.15, 0.2) is 0 Å². The molecule has 3 nitrogen and oxygen atoms in total. The molecular formula is C16H16N2O. The molecular weight excluding hydrogens is 236 g/mol. The predicted molar refractivity (Wildman–Crippen MR) is 78.3 cm³/mol. The zero-order valence-corrected chi connectivity index (χ0v) is 10.8. The number of rotatable bonds is 3. The van der Waals surface area contributed by atoms with E-state index in [1.807, 2.05) is 49.4 Å². The van der Waals surface area contributed by atoms with E-state index in [1.54, 1.807) is 18.2 Å². The summed E-state index contributed by atoms with van der Waals surface area (Å²) in [5, 5.41) is 1.13. The van der Waals surface area contributed by atoms with Gasteiger partial charge in [-0.05, 0) is 30.7 Å². The van der Waals surface area contributed by atoms with Gasteiger partial charge in [-0.15, -0.1) is 0 Å². The molecule has 0 saturated carbocycles. The van der Waals surface area contributed by atoms with Crippen LogP contribution in [0.4, 0.5) is 5.69 Å². The van der Waals surface area contributed by atoms with Gasteiger partial charge in [0.1, 0.15) is 0 Å². The first-order chi connectivity index (χ1) is 9.16. The second kappa shape index (κ2) is 5.98. The second-order valence-electron chi connectivity index (χ2n) is 4.29. The van der Waals surface area contributed by atoms with Crippen LogP contribution >= 0.6 is 0 Å². The van der Waals surface area contributed by atoms with Crippen LogP contribution in [0.5, 0.6) is 0 Å². The van der Waals surface area contributed by atoms with Crippen molar-refractivity contribution in [3.8, 4) is 0 Å². The third-order valence-corrected chi connectivity index (χ3v) is 2.77. The second-order valence-corrected chi connectivity index (χ2v) is 4.29. The molecule has 0 aromatic heterocycles. The summed E-state index contributed by atoms with van der Waals surface area (Å²) in [6, 6.07) is 17.1. The average molecular weight is 252 g/mol. The SMILES string of the molecule is Cc1ccc(C=CC(=O)N(N)c2ccccc2)cc1. The molecule has 0 aliphatic heterocycles. The largest absolute Gasteiger partial charge is 0.268 e. The van der Waals surface area contributed by atoms with E-state index < -0.39 is 0 Å². The Kier molecular flexibility index (Phi) is 4.11. The van der Waals surface area contributed by atoms with Gasteiger partial charge in [0, 0.05) is 6.08 Å². The highest BCUT2D eigenvalue weighted by Crippen LogP contribution is 2.10. The third-order valence-electron chi connectivity index (χ3n) is 2.77. The van der Waals surface area contributed by atoms with Crippen LogP contribution in [-0.2, 0) is 4.79 Å². The number of amides is 1. The molecule has 0 atom stereocenters. The predicted octanol–water partition coefficient (Wildman–Crippen LogP) is 2.92. The maximum absolute atomic E-state index is 11.9. The van der Waals surface area contributed by atoms with Crippen LogP contribution in [0.15, 0.2) is 60.7 Å². The summed E-state index contributed by atoms with van der Waals surface area (Å²) < 4.78 is 0.